The topological polar surface area (TPSA) is 56.8 Å². The summed E-state index contributed by atoms with van der Waals surface area (Å²) in [5.41, 5.74) is -0.0943. The third-order valence-electron chi connectivity index (χ3n) is 3.11. The van der Waals surface area contributed by atoms with Crippen molar-refractivity contribution in [2.24, 2.45) is 5.41 Å². The first-order chi connectivity index (χ1) is 8.16. The van der Waals surface area contributed by atoms with E-state index in [1.807, 2.05) is 0 Å². The lowest BCUT2D eigenvalue weighted by atomic mass is 9.84. The number of rotatable bonds is 4. The molecule has 3 rings (SSSR count). The van der Waals surface area contributed by atoms with Gasteiger partial charge < -0.3 is 19.5 Å². The molecule has 5 heteroatoms. The highest BCUT2D eigenvalue weighted by atomic mass is 16.9. The fourth-order valence-corrected chi connectivity index (χ4v) is 2.18. The minimum Gasteiger partial charge on any atom is -0.338 e. The molecule has 0 aromatic heterocycles. The van der Waals surface area contributed by atoms with Crippen LogP contribution < -0.4 is 5.32 Å². The summed E-state index contributed by atoms with van der Waals surface area (Å²) in [6.45, 7) is 3.71. The highest BCUT2D eigenvalue weighted by Gasteiger charge is 2.56. The molecule has 3 saturated heterocycles. The van der Waals surface area contributed by atoms with Gasteiger partial charge in [-0.05, 0) is 6.42 Å². The van der Waals surface area contributed by atoms with Crippen molar-refractivity contribution in [1.82, 2.24) is 5.32 Å². The molecule has 94 valence electrons. The van der Waals surface area contributed by atoms with Crippen LogP contribution in [0.2, 0.25) is 0 Å². The molecule has 1 amide bonds. The molecule has 3 fully saturated rings. The number of terminal acetylenes is 1. The molecule has 3 heterocycles. The predicted molar refractivity (Wildman–Crippen MR) is 59.8 cm³/mol. The van der Waals surface area contributed by atoms with Crippen molar-refractivity contribution >= 4 is 5.91 Å². The predicted octanol–water partition coefficient (Wildman–Crippen LogP) is 0.253. The second-order valence-corrected chi connectivity index (χ2v) is 4.56. The number of amides is 1. The standard InChI is InChI=1S/C12H17NO4/c1-3-5-11-7-15-12(16-8-11,17-9-11)10(14)13-6-4-2/h2H,3,5-9H2,1H3,(H,13,14). The molecule has 0 atom stereocenters. The molecule has 5 nitrogen and oxygen atoms in total. The van der Waals surface area contributed by atoms with Crippen molar-refractivity contribution in [2.75, 3.05) is 26.4 Å². The van der Waals surface area contributed by atoms with E-state index in [1.165, 1.54) is 0 Å². The van der Waals surface area contributed by atoms with Gasteiger partial charge in [0.1, 0.15) is 0 Å². The first kappa shape index (κ1) is 12.4. The van der Waals surface area contributed by atoms with Gasteiger partial charge in [0.25, 0.3) is 0 Å². The zero-order chi connectivity index (χ0) is 12.4. The zero-order valence-electron chi connectivity index (χ0n) is 9.95. The fourth-order valence-electron chi connectivity index (χ4n) is 2.18. The Labute approximate surface area is 101 Å². The molecule has 0 unspecified atom stereocenters. The van der Waals surface area contributed by atoms with E-state index in [4.69, 9.17) is 20.6 Å². The van der Waals surface area contributed by atoms with E-state index in [0.717, 1.165) is 12.8 Å². The van der Waals surface area contributed by atoms with Gasteiger partial charge in [0.05, 0.1) is 26.4 Å². The van der Waals surface area contributed by atoms with Crippen LogP contribution in [-0.2, 0) is 19.0 Å². The number of nitrogens with one attached hydrogen (secondary N) is 1. The van der Waals surface area contributed by atoms with Crippen LogP contribution in [0.1, 0.15) is 19.8 Å². The van der Waals surface area contributed by atoms with Crippen molar-refractivity contribution < 1.29 is 19.0 Å². The van der Waals surface area contributed by atoms with Gasteiger partial charge in [-0.1, -0.05) is 19.3 Å². The summed E-state index contributed by atoms with van der Waals surface area (Å²) < 4.78 is 16.4. The molecule has 3 aliphatic rings. The van der Waals surface area contributed by atoms with Crippen molar-refractivity contribution in [3.05, 3.63) is 0 Å². The van der Waals surface area contributed by atoms with E-state index < -0.39 is 11.9 Å². The monoisotopic (exact) mass is 239 g/mol. The summed E-state index contributed by atoms with van der Waals surface area (Å²) in [5.74, 6) is 0.286. The van der Waals surface area contributed by atoms with E-state index in [1.54, 1.807) is 0 Å². The Morgan fingerprint density at radius 3 is 2.41 bits per heavy atom. The summed E-state index contributed by atoms with van der Waals surface area (Å²) in [6.07, 6.45) is 7.08. The van der Waals surface area contributed by atoms with Crippen molar-refractivity contribution in [3.8, 4) is 12.3 Å². The smallest absolute Gasteiger partial charge is 0.338 e. The average molecular weight is 239 g/mol. The van der Waals surface area contributed by atoms with Gasteiger partial charge in [-0.15, -0.1) is 6.42 Å². The summed E-state index contributed by atoms with van der Waals surface area (Å²) in [4.78, 5) is 11.8. The number of hydrogen-bond donors (Lipinski definition) is 1. The van der Waals surface area contributed by atoms with E-state index in [2.05, 4.69) is 18.2 Å². The highest BCUT2D eigenvalue weighted by Crippen LogP contribution is 2.41. The maximum atomic E-state index is 11.8. The van der Waals surface area contributed by atoms with Crippen LogP contribution in [-0.4, -0.2) is 38.2 Å². The minimum absolute atomic E-state index is 0.0943. The molecule has 0 saturated carbocycles. The van der Waals surface area contributed by atoms with Crippen molar-refractivity contribution in [2.45, 2.75) is 25.7 Å². The van der Waals surface area contributed by atoms with Crippen LogP contribution in [0.3, 0.4) is 0 Å². The van der Waals surface area contributed by atoms with Gasteiger partial charge in [-0.25, -0.2) is 0 Å². The van der Waals surface area contributed by atoms with Crippen molar-refractivity contribution in [1.29, 1.82) is 0 Å². The Bertz CT molecular complexity index is 322. The van der Waals surface area contributed by atoms with Gasteiger partial charge in [-0.2, -0.15) is 0 Å². The third kappa shape index (κ3) is 2.16. The van der Waals surface area contributed by atoms with Crippen LogP contribution in [0.15, 0.2) is 0 Å². The van der Waals surface area contributed by atoms with Crippen LogP contribution >= 0.6 is 0 Å². The molecule has 0 radical (unpaired) electrons. The normalized spacial score (nSPS) is 35.3. The fraction of sp³-hybridized carbons (Fsp3) is 0.750. The van der Waals surface area contributed by atoms with E-state index in [9.17, 15) is 4.79 Å². The number of carbonyl (C=O) groups is 1. The summed E-state index contributed by atoms with van der Waals surface area (Å²) in [6, 6.07) is 0. The Hall–Kier alpha value is -1.09. The molecule has 0 aromatic carbocycles. The average Bonchev–Trinajstić information content (AvgIpc) is 2.38. The Balaban J connectivity index is 1.99. The Kier molecular flexibility index (Phi) is 3.38. The molecule has 0 aliphatic carbocycles. The molecule has 0 aromatic rings. The van der Waals surface area contributed by atoms with Gasteiger partial charge in [0.15, 0.2) is 0 Å². The molecule has 2 bridgehead atoms. The molecule has 17 heavy (non-hydrogen) atoms. The van der Waals surface area contributed by atoms with Crippen LogP contribution in [0, 0.1) is 17.8 Å². The maximum absolute atomic E-state index is 11.8. The lowest BCUT2D eigenvalue weighted by Gasteiger charge is -2.50. The SMILES string of the molecule is C#CCNC(=O)C12OCC(CCC)(CO1)CO2. The lowest BCUT2D eigenvalue weighted by molar-refractivity contribution is -0.444. The molecule has 0 spiro atoms. The number of fused-ring (bicyclic) bond motifs is 3. The first-order valence-electron chi connectivity index (χ1n) is 5.80. The summed E-state index contributed by atoms with van der Waals surface area (Å²) in [7, 11) is 0. The minimum atomic E-state index is -1.58. The quantitative estimate of drug-likeness (QED) is 0.715. The van der Waals surface area contributed by atoms with Gasteiger partial charge in [0, 0.05) is 5.41 Å². The number of hydrogen-bond acceptors (Lipinski definition) is 4. The highest BCUT2D eigenvalue weighted by molar-refractivity contribution is 5.82. The number of carbonyl (C=O) groups excluding carboxylic acids is 1. The van der Waals surface area contributed by atoms with Gasteiger partial charge in [0.2, 0.25) is 0 Å². The zero-order valence-corrected chi connectivity index (χ0v) is 9.95. The second kappa shape index (κ2) is 4.65. The van der Waals surface area contributed by atoms with Crippen LogP contribution in [0.25, 0.3) is 0 Å². The van der Waals surface area contributed by atoms with Crippen LogP contribution in [0.5, 0.6) is 0 Å². The first-order valence-corrected chi connectivity index (χ1v) is 5.80. The molecular formula is C12H17NO4. The molecule has 3 aliphatic heterocycles. The van der Waals surface area contributed by atoms with Crippen LogP contribution in [0.4, 0.5) is 0 Å². The summed E-state index contributed by atoms with van der Waals surface area (Å²) in [5, 5.41) is 2.51. The largest absolute Gasteiger partial charge is 0.367 e. The second-order valence-electron chi connectivity index (χ2n) is 4.56. The van der Waals surface area contributed by atoms with E-state index >= 15 is 0 Å². The lowest BCUT2D eigenvalue weighted by Crippen LogP contribution is -2.65. The maximum Gasteiger partial charge on any atom is 0.367 e. The summed E-state index contributed by atoms with van der Waals surface area (Å²) >= 11 is 0. The Morgan fingerprint density at radius 1 is 1.35 bits per heavy atom. The van der Waals surface area contributed by atoms with Gasteiger partial charge in [-0.3, -0.25) is 4.79 Å². The third-order valence-corrected chi connectivity index (χ3v) is 3.11. The molecule has 1 N–H and O–H groups in total. The van der Waals surface area contributed by atoms with Gasteiger partial charge >= 0.3 is 11.9 Å². The van der Waals surface area contributed by atoms with E-state index in [-0.39, 0.29) is 12.0 Å². The Morgan fingerprint density at radius 2 is 1.94 bits per heavy atom. The number of ether oxygens (including phenoxy) is 3. The van der Waals surface area contributed by atoms with E-state index in [0.29, 0.717) is 19.8 Å². The van der Waals surface area contributed by atoms with Crippen molar-refractivity contribution in [3.63, 3.8) is 0 Å². The molecular weight excluding hydrogens is 222 g/mol.